The fraction of sp³-hybridized carbons (Fsp3) is 0.700. The molecule has 0 aliphatic carbocycles. The van der Waals surface area contributed by atoms with Gasteiger partial charge in [0.05, 0.1) is 0 Å². The third kappa shape index (κ3) is 3.38. The summed E-state index contributed by atoms with van der Waals surface area (Å²) in [6.45, 7) is 8.79. The third-order valence-corrected chi connectivity index (χ3v) is 3.28. The normalized spacial score (nSPS) is 11.2. The molecular weight excluding hydrogens is 307 g/mol. The number of rotatable bonds is 1. The Morgan fingerprint density at radius 1 is 1.36 bits per heavy atom. The van der Waals surface area contributed by atoms with E-state index in [9.17, 15) is 0 Å². The number of nitrogens with zero attached hydrogens (tertiary/aromatic N) is 1. The summed E-state index contributed by atoms with van der Waals surface area (Å²) < 4.78 is 1.95. The quantitative estimate of drug-likeness (QED) is 0.673. The minimum atomic E-state index is 0. The van der Waals surface area contributed by atoms with E-state index in [4.69, 9.17) is 5.41 Å². The Bertz CT molecular complexity index is 357. The fourth-order valence-electron chi connectivity index (χ4n) is 1.24. The first kappa shape index (κ1) is 14.2. The first-order valence-electron chi connectivity index (χ1n) is 4.51. The van der Waals surface area contributed by atoms with Gasteiger partial charge < -0.3 is 28.5 Å². The summed E-state index contributed by atoms with van der Waals surface area (Å²) in [5, 5.41) is 7.67. The molecule has 0 aliphatic heterocycles. The zero-order valence-corrected chi connectivity index (χ0v) is 12.4. The van der Waals surface area contributed by atoms with Gasteiger partial charge in [-0.15, -0.1) is 11.3 Å². The van der Waals surface area contributed by atoms with Crippen molar-refractivity contribution in [2.75, 3.05) is 0 Å². The van der Waals surface area contributed by atoms with Crippen LogP contribution in [-0.4, -0.2) is 4.57 Å². The maximum absolute atomic E-state index is 7.67. The highest BCUT2D eigenvalue weighted by Crippen LogP contribution is 2.24. The van der Waals surface area contributed by atoms with E-state index in [1.165, 1.54) is 10.6 Å². The number of hydrogen-bond donors (Lipinski definition) is 1. The molecule has 2 nitrogen and oxygen atoms in total. The highest BCUT2D eigenvalue weighted by molar-refractivity contribution is 7.09. The zero-order valence-electron chi connectivity index (χ0n) is 9.44. The molecule has 0 aromatic carbocycles. The van der Waals surface area contributed by atoms with Crippen LogP contribution >= 0.6 is 11.3 Å². The summed E-state index contributed by atoms with van der Waals surface area (Å²) >= 11 is 1.60. The van der Waals surface area contributed by atoms with Gasteiger partial charge in [0.25, 0.3) is 0 Å². The second-order valence-electron chi connectivity index (χ2n) is 4.71. The average Bonchev–Trinajstić information content (AvgIpc) is 2.15. The minimum absolute atomic E-state index is 0. The Balaban J connectivity index is 0.00000169. The molecule has 82 valence electrons. The van der Waals surface area contributed by atoms with E-state index in [0.29, 0.717) is 10.2 Å². The van der Waals surface area contributed by atoms with Crippen molar-refractivity contribution in [1.82, 2.24) is 4.57 Å². The summed E-state index contributed by atoms with van der Waals surface area (Å²) in [7, 11) is 1.96. The predicted molar refractivity (Wildman–Crippen MR) is 57.0 cm³/mol. The molecule has 0 fully saturated rings. The summed E-state index contributed by atoms with van der Waals surface area (Å²) in [5.41, 5.74) is 1.56. The van der Waals surface area contributed by atoms with Crippen molar-refractivity contribution in [2.24, 2.45) is 12.5 Å². The molecule has 0 bridgehead atoms. The lowest BCUT2D eigenvalue weighted by atomic mass is 9.91. The van der Waals surface area contributed by atoms with Gasteiger partial charge in [0.2, 0.25) is 0 Å². The molecular formula is C10H18IN2S-. The molecule has 1 rings (SSSR count). The van der Waals surface area contributed by atoms with Crippen LogP contribution < -0.4 is 28.8 Å². The lowest BCUT2D eigenvalue weighted by molar-refractivity contribution is -0.00000382. The van der Waals surface area contributed by atoms with Gasteiger partial charge in [0.15, 0.2) is 4.80 Å². The summed E-state index contributed by atoms with van der Waals surface area (Å²) in [5.74, 6) is 0. The average molecular weight is 325 g/mol. The summed E-state index contributed by atoms with van der Waals surface area (Å²) in [6.07, 6.45) is 1.07. The number of nitrogens with one attached hydrogen (secondary N) is 1. The van der Waals surface area contributed by atoms with Gasteiger partial charge in [-0.25, -0.2) is 0 Å². The molecule has 0 amide bonds. The van der Waals surface area contributed by atoms with E-state index >= 15 is 0 Å². The van der Waals surface area contributed by atoms with Gasteiger partial charge in [0.1, 0.15) is 0 Å². The molecule has 0 saturated heterocycles. The largest absolute Gasteiger partial charge is 1.00 e. The van der Waals surface area contributed by atoms with Crippen LogP contribution in [0.5, 0.6) is 0 Å². The number of thiazole rings is 1. The van der Waals surface area contributed by atoms with E-state index in [1.807, 2.05) is 11.6 Å². The smallest absolute Gasteiger partial charge is 0.182 e. The van der Waals surface area contributed by atoms with Crippen molar-refractivity contribution in [3.63, 3.8) is 0 Å². The van der Waals surface area contributed by atoms with Crippen molar-refractivity contribution in [2.45, 2.75) is 34.1 Å². The van der Waals surface area contributed by atoms with E-state index in [1.54, 1.807) is 11.3 Å². The van der Waals surface area contributed by atoms with E-state index in [-0.39, 0.29) is 24.0 Å². The molecule has 1 heterocycles. The molecule has 4 heteroatoms. The van der Waals surface area contributed by atoms with Gasteiger partial charge >= 0.3 is 0 Å². The Labute approximate surface area is 107 Å². The zero-order chi connectivity index (χ0) is 10.2. The standard InChI is InChI=1S/C10H18N2S.HI/c1-7-8(6-10(2,3)4)13-9(11)12(7)5;/h11H,6H2,1-5H3;1H/p-1. The molecule has 0 atom stereocenters. The molecule has 1 aromatic rings. The maximum atomic E-state index is 7.67. The first-order chi connectivity index (χ1) is 5.81. The van der Waals surface area contributed by atoms with E-state index in [2.05, 4.69) is 27.7 Å². The van der Waals surface area contributed by atoms with Gasteiger partial charge in [-0.1, -0.05) is 20.8 Å². The number of hydrogen-bond acceptors (Lipinski definition) is 2. The van der Waals surface area contributed by atoms with Crippen LogP contribution in [0.4, 0.5) is 0 Å². The van der Waals surface area contributed by atoms with Crippen molar-refractivity contribution in [3.8, 4) is 0 Å². The van der Waals surface area contributed by atoms with Crippen LogP contribution in [0.1, 0.15) is 31.3 Å². The molecule has 0 unspecified atom stereocenters. The van der Waals surface area contributed by atoms with E-state index < -0.39 is 0 Å². The van der Waals surface area contributed by atoms with E-state index in [0.717, 1.165) is 6.42 Å². The second kappa shape index (κ2) is 4.79. The van der Waals surface area contributed by atoms with Crippen molar-refractivity contribution in [1.29, 1.82) is 5.41 Å². The molecule has 0 saturated carbocycles. The van der Waals surface area contributed by atoms with Crippen LogP contribution in [0.3, 0.4) is 0 Å². The second-order valence-corrected chi connectivity index (χ2v) is 5.80. The highest BCUT2D eigenvalue weighted by atomic mass is 127. The first-order valence-corrected chi connectivity index (χ1v) is 5.33. The highest BCUT2D eigenvalue weighted by Gasteiger charge is 2.15. The maximum Gasteiger partial charge on any atom is 0.182 e. The SMILES string of the molecule is Cc1c(CC(C)(C)C)sc(=N)n1C.[I-]. The number of halogens is 1. The lowest BCUT2D eigenvalue weighted by Gasteiger charge is -2.17. The minimum Gasteiger partial charge on any atom is -1.00 e. The molecule has 14 heavy (non-hydrogen) atoms. The Morgan fingerprint density at radius 3 is 2.14 bits per heavy atom. The van der Waals surface area contributed by atoms with Crippen LogP contribution in [0.2, 0.25) is 0 Å². The number of aromatic nitrogens is 1. The summed E-state index contributed by atoms with van der Waals surface area (Å²) in [4.78, 5) is 2.00. The van der Waals surface area contributed by atoms with Gasteiger partial charge in [-0.3, -0.25) is 5.41 Å². The van der Waals surface area contributed by atoms with Crippen molar-refractivity contribution >= 4 is 11.3 Å². The topological polar surface area (TPSA) is 28.8 Å². The molecule has 0 aliphatic rings. The Morgan fingerprint density at radius 2 is 1.86 bits per heavy atom. The van der Waals surface area contributed by atoms with Crippen LogP contribution in [-0.2, 0) is 13.5 Å². The Hall–Kier alpha value is 0.160. The molecule has 1 N–H and O–H groups in total. The summed E-state index contributed by atoms with van der Waals surface area (Å²) in [6, 6.07) is 0. The van der Waals surface area contributed by atoms with Crippen LogP contribution in [0.15, 0.2) is 0 Å². The van der Waals surface area contributed by atoms with Crippen molar-refractivity contribution < 1.29 is 24.0 Å². The molecule has 0 spiro atoms. The van der Waals surface area contributed by atoms with Gasteiger partial charge in [-0.05, 0) is 18.8 Å². The Kier molecular flexibility index (Phi) is 4.84. The van der Waals surface area contributed by atoms with Crippen molar-refractivity contribution in [3.05, 3.63) is 15.4 Å². The monoisotopic (exact) mass is 325 g/mol. The third-order valence-electron chi connectivity index (χ3n) is 2.12. The lowest BCUT2D eigenvalue weighted by Crippen LogP contribution is -3.00. The molecule has 1 aromatic heterocycles. The molecule has 0 radical (unpaired) electrons. The van der Waals surface area contributed by atoms with Crippen LogP contribution in [0.25, 0.3) is 0 Å². The predicted octanol–water partition coefficient (Wildman–Crippen LogP) is -0.533. The van der Waals surface area contributed by atoms with Crippen LogP contribution in [0, 0.1) is 17.7 Å². The van der Waals surface area contributed by atoms with Gasteiger partial charge in [-0.2, -0.15) is 0 Å². The van der Waals surface area contributed by atoms with Gasteiger partial charge in [0, 0.05) is 17.6 Å². The fourth-order valence-corrected chi connectivity index (χ4v) is 2.54.